The molecule has 0 spiro atoms. The van der Waals surface area contributed by atoms with Crippen LogP contribution in [0.15, 0.2) is 39.4 Å². The Hall–Kier alpha value is -2.28. The second kappa shape index (κ2) is 7.32. The number of carboxylic acids is 1. The molecule has 0 saturated heterocycles. The summed E-state index contributed by atoms with van der Waals surface area (Å²) in [5.41, 5.74) is 0.770. The largest absolute Gasteiger partial charge is 0.496 e. The van der Waals surface area contributed by atoms with E-state index in [-0.39, 0.29) is 0 Å². The highest BCUT2D eigenvalue weighted by atomic mass is 79.9. The standard InChI is InChI=1S/C16H16BrNO5/c1-3-12-10(6-7-23-12)15(19)18-14(16(20)21)9-4-5-13(22-2)11(17)8-9/h4-8,14H,3H2,1-2H3,(H,18,19)(H,20,21). The minimum Gasteiger partial charge on any atom is -0.496 e. The highest BCUT2D eigenvalue weighted by Gasteiger charge is 2.25. The topological polar surface area (TPSA) is 88.8 Å². The highest BCUT2D eigenvalue weighted by molar-refractivity contribution is 9.10. The SMILES string of the molecule is CCc1occc1C(=O)NC(C(=O)O)c1ccc(OC)c(Br)c1. The summed E-state index contributed by atoms with van der Waals surface area (Å²) in [5.74, 6) is -0.554. The van der Waals surface area contributed by atoms with Gasteiger partial charge in [0.05, 0.1) is 23.4 Å². The minimum absolute atomic E-state index is 0.339. The molecule has 1 atom stereocenters. The summed E-state index contributed by atoms with van der Waals surface area (Å²) in [6, 6.07) is 5.19. The van der Waals surface area contributed by atoms with Crippen LogP contribution in [0.4, 0.5) is 0 Å². The van der Waals surface area contributed by atoms with Crippen LogP contribution in [-0.4, -0.2) is 24.1 Å². The van der Waals surface area contributed by atoms with Gasteiger partial charge in [-0.2, -0.15) is 0 Å². The van der Waals surface area contributed by atoms with E-state index in [1.165, 1.54) is 19.4 Å². The Morgan fingerprint density at radius 2 is 2.13 bits per heavy atom. The smallest absolute Gasteiger partial charge is 0.330 e. The maximum atomic E-state index is 12.3. The Morgan fingerprint density at radius 1 is 1.39 bits per heavy atom. The van der Waals surface area contributed by atoms with E-state index in [2.05, 4.69) is 21.2 Å². The number of nitrogens with one attached hydrogen (secondary N) is 1. The number of benzene rings is 1. The molecule has 122 valence electrons. The van der Waals surface area contributed by atoms with Gasteiger partial charge in [-0.3, -0.25) is 4.79 Å². The van der Waals surface area contributed by atoms with Crippen molar-refractivity contribution in [2.45, 2.75) is 19.4 Å². The van der Waals surface area contributed by atoms with Crippen molar-refractivity contribution in [3.8, 4) is 5.75 Å². The number of hydrogen-bond donors (Lipinski definition) is 2. The molecule has 1 aromatic heterocycles. The molecule has 23 heavy (non-hydrogen) atoms. The zero-order valence-electron chi connectivity index (χ0n) is 12.6. The molecule has 7 heteroatoms. The Balaban J connectivity index is 2.27. The van der Waals surface area contributed by atoms with Crippen LogP contribution in [0.25, 0.3) is 0 Å². The minimum atomic E-state index is -1.18. The fourth-order valence-corrected chi connectivity index (χ4v) is 2.73. The molecule has 2 aromatic rings. The number of carboxylic acid groups (broad SMARTS) is 1. The molecule has 0 aliphatic heterocycles. The van der Waals surface area contributed by atoms with Crippen LogP contribution in [0.2, 0.25) is 0 Å². The lowest BCUT2D eigenvalue weighted by atomic mass is 10.1. The van der Waals surface area contributed by atoms with Crippen molar-refractivity contribution in [2.75, 3.05) is 7.11 Å². The summed E-state index contributed by atoms with van der Waals surface area (Å²) in [7, 11) is 1.52. The van der Waals surface area contributed by atoms with E-state index in [0.29, 0.717) is 33.5 Å². The number of methoxy groups -OCH3 is 1. The van der Waals surface area contributed by atoms with Crippen molar-refractivity contribution in [3.05, 3.63) is 51.9 Å². The Morgan fingerprint density at radius 3 is 2.70 bits per heavy atom. The Bertz CT molecular complexity index is 725. The van der Waals surface area contributed by atoms with Gasteiger partial charge in [-0.15, -0.1) is 0 Å². The summed E-state index contributed by atoms with van der Waals surface area (Å²) in [6.07, 6.45) is 1.95. The molecule has 2 rings (SSSR count). The molecule has 0 saturated carbocycles. The summed E-state index contributed by atoms with van der Waals surface area (Å²) in [4.78, 5) is 23.9. The van der Waals surface area contributed by atoms with E-state index in [9.17, 15) is 14.7 Å². The van der Waals surface area contributed by atoms with Gasteiger partial charge in [0.2, 0.25) is 0 Å². The van der Waals surface area contributed by atoms with E-state index in [4.69, 9.17) is 9.15 Å². The van der Waals surface area contributed by atoms with Crippen LogP contribution in [0.1, 0.15) is 34.6 Å². The summed E-state index contributed by atoms with van der Waals surface area (Å²) in [6.45, 7) is 1.85. The van der Waals surface area contributed by atoms with Crippen LogP contribution < -0.4 is 10.1 Å². The van der Waals surface area contributed by atoms with E-state index >= 15 is 0 Å². The Kier molecular flexibility index (Phi) is 5.44. The zero-order chi connectivity index (χ0) is 17.0. The predicted molar refractivity (Wildman–Crippen MR) is 86.6 cm³/mol. The third-order valence-electron chi connectivity index (χ3n) is 3.34. The van der Waals surface area contributed by atoms with Gasteiger partial charge in [-0.25, -0.2) is 4.79 Å². The van der Waals surface area contributed by atoms with Gasteiger partial charge in [0.1, 0.15) is 11.5 Å². The van der Waals surface area contributed by atoms with Gasteiger partial charge < -0.3 is 19.6 Å². The number of carbonyl (C=O) groups is 2. The first-order chi connectivity index (χ1) is 11.0. The molecule has 0 bridgehead atoms. The number of halogens is 1. The molecule has 1 heterocycles. The van der Waals surface area contributed by atoms with Crippen molar-refractivity contribution >= 4 is 27.8 Å². The molecule has 0 fully saturated rings. The molecule has 0 radical (unpaired) electrons. The molecule has 2 N–H and O–H groups in total. The maximum absolute atomic E-state index is 12.3. The second-order valence-corrected chi connectivity index (χ2v) is 5.60. The third kappa shape index (κ3) is 3.73. The van der Waals surface area contributed by atoms with Crippen molar-refractivity contribution in [1.29, 1.82) is 0 Å². The van der Waals surface area contributed by atoms with Gasteiger partial charge in [0, 0.05) is 6.42 Å². The van der Waals surface area contributed by atoms with E-state index in [0.717, 1.165) is 0 Å². The number of carbonyl (C=O) groups excluding carboxylic acids is 1. The zero-order valence-corrected chi connectivity index (χ0v) is 14.2. The molecular formula is C16H16BrNO5. The van der Waals surface area contributed by atoms with Crippen LogP contribution >= 0.6 is 15.9 Å². The summed E-state index contributed by atoms with van der Waals surface area (Å²) in [5, 5.41) is 11.9. The fourth-order valence-electron chi connectivity index (χ4n) is 2.18. The van der Waals surface area contributed by atoms with Gasteiger partial charge in [-0.05, 0) is 39.7 Å². The average molecular weight is 382 g/mol. The lowest BCUT2D eigenvalue weighted by molar-refractivity contribution is -0.139. The molecule has 1 aromatic carbocycles. The highest BCUT2D eigenvalue weighted by Crippen LogP contribution is 2.28. The molecular weight excluding hydrogens is 366 g/mol. The number of amides is 1. The number of aryl methyl sites for hydroxylation is 1. The number of hydrogen-bond acceptors (Lipinski definition) is 4. The quantitative estimate of drug-likeness (QED) is 0.801. The molecule has 6 nitrogen and oxygen atoms in total. The fraction of sp³-hybridized carbons (Fsp3) is 0.250. The third-order valence-corrected chi connectivity index (χ3v) is 3.96. The second-order valence-electron chi connectivity index (χ2n) is 4.75. The van der Waals surface area contributed by atoms with Crippen LogP contribution in [0.3, 0.4) is 0 Å². The van der Waals surface area contributed by atoms with Gasteiger partial charge in [0.15, 0.2) is 6.04 Å². The number of aliphatic carboxylic acids is 1. The van der Waals surface area contributed by atoms with Crippen LogP contribution in [-0.2, 0) is 11.2 Å². The van der Waals surface area contributed by atoms with E-state index in [1.54, 1.807) is 18.2 Å². The average Bonchev–Trinajstić information content (AvgIpc) is 3.00. The molecule has 1 amide bonds. The number of furan rings is 1. The molecule has 1 unspecified atom stereocenters. The van der Waals surface area contributed by atoms with E-state index in [1.807, 2.05) is 6.92 Å². The monoisotopic (exact) mass is 381 g/mol. The molecule has 0 aliphatic carbocycles. The van der Waals surface area contributed by atoms with Crippen molar-refractivity contribution < 1.29 is 23.8 Å². The van der Waals surface area contributed by atoms with Crippen molar-refractivity contribution in [1.82, 2.24) is 5.32 Å². The maximum Gasteiger partial charge on any atom is 0.330 e. The van der Waals surface area contributed by atoms with E-state index < -0.39 is 17.9 Å². The van der Waals surface area contributed by atoms with Gasteiger partial charge in [-0.1, -0.05) is 13.0 Å². The predicted octanol–water partition coefficient (Wildman–Crippen LogP) is 3.17. The van der Waals surface area contributed by atoms with Crippen LogP contribution in [0.5, 0.6) is 5.75 Å². The normalized spacial score (nSPS) is 11.8. The summed E-state index contributed by atoms with van der Waals surface area (Å²) >= 11 is 3.31. The Labute approximate surface area is 141 Å². The van der Waals surface area contributed by atoms with Gasteiger partial charge >= 0.3 is 5.97 Å². The summed E-state index contributed by atoms with van der Waals surface area (Å²) < 4.78 is 10.9. The lowest BCUT2D eigenvalue weighted by Gasteiger charge is -2.16. The number of ether oxygens (including phenoxy) is 1. The first kappa shape index (κ1) is 17.1. The molecule has 0 aliphatic rings. The van der Waals surface area contributed by atoms with Gasteiger partial charge in [0.25, 0.3) is 5.91 Å². The van der Waals surface area contributed by atoms with Crippen LogP contribution in [0, 0.1) is 0 Å². The first-order valence-electron chi connectivity index (χ1n) is 6.91. The van der Waals surface area contributed by atoms with Crippen molar-refractivity contribution in [3.63, 3.8) is 0 Å². The van der Waals surface area contributed by atoms with Crippen molar-refractivity contribution in [2.24, 2.45) is 0 Å². The lowest BCUT2D eigenvalue weighted by Crippen LogP contribution is -2.34. The number of rotatable bonds is 6. The first-order valence-corrected chi connectivity index (χ1v) is 7.70.